The van der Waals surface area contributed by atoms with E-state index < -0.39 is 6.23 Å². The summed E-state index contributed by atoms with van der Waals surface area (Å²) in [5, 5.41) is 3.10. The molecule has 0 aliphatic rings. The Labute approximate surface area is 96.8 Å². The van der Waals surface area contributed by atoms with Crippen LogP contribution in [0.3, 0.4) is 0 Å². The van der Waals surface area contributed by atoms with Gasteiger partial charge in [0.15, 0.2) is 6.23 Å². The largest absolute Gasteiger partial charge is 0.359 e. The molecule has 0 radical (unpaired) electrons. The molecular weight excluding hydrogens is 202 g/mol. The smallest absolute Gasteiger partial charge is 0.206 e. The molecule has 16 heavy (non-hydrogen) atoms. The van der Waals surface area contributed by atoms with Gasteiger partial charge in [0.25, 0.3) is 0 Å². The van der Waals surface area contributed by atoms with Crippen LogP contribution in [0.25, 0.3) is 0 Å². The van der Waals surface area contributed by atoms with Gasteiger partial charge in [0.1, 0.15) is 0 Å². The van der Waals surface area contributed by atoms with Crippen LogP contribution in [-0.4, -0.2) is 25.7 Å². The van der Waals surface area contributed by atoms with E-state index in [9.17, 15) is 4.79 Å². The zero-order valence-corrected chi connectivity index (χ0v) is 9.90. The van der Waals surface area contributed by atoms with Crippen molar-refractivity contribution in [3.63, 3.8) is 0 Å². The molecule has 88 valence electrons. The fourth-order valence-electron chi connectivity index (χ4n) is 1.45. The minimum Gasteiger partial charge on any atom is -0.359 e. The molecule has 1 aromatic rings. The van der Waals surface area contributed by atoms with Crippen molar-refractivity contribution in [3.05, 3.63) is 35.9 Å². The molecule has 0 fully saturated rings. The van der Waals surface area contributed by atoms with Gasteiger partial charge in [-0.2, -0.15) is 0 Å². The van der Waals surface area contributed by atoms with Gasteiger partial charge >= 0.3 is 0 Å². The Bertz CT molecular complexity index is 311. The summed E-state index contributed by atoms with van der Waals surface area (Å²) in [5.41, 5.74) is 0.679. The van der Waals surface area contributed by atoms with Crippen molar-refractivity contribution in [2.24, 2.45) is 0 Å². The summed E-state index contributed by atoms with van der Waals surface area (Å²) in [7, 11) is 1.55. The standard InChI is InChI=1S/C13H19NO2/c1-3-4-10-14-13(16-2)12(15)11-8-6-5-7-9-11/h5-9,13-14H,3-4,10H2,1-2H3. The third-order valence-electron chi connectivity index (χ3n) is 2.39. The van der Waals surface area contributed by atoms with E-state index in [1.54, 1.807) is 19.2 Å². The van der Waals surface area contributed by atoms with Crippen molar-refractivity contribution < 1.29 is 9.53 Å². The second-order valence-electron chi connectivity index (χ2n) is 3.65. The molecule has 1 atom stereocenters. The average Bonchev–Trinajstić information content (AvgIpc) is 2.35. The van der Waals surface area contributed by atoms with Crippen molar-refractivity contribution in [2.75, 3.05) is 13.7 Å². The maximum atomic E-state index is 12.0. The molecule has 0 spiro atoms. The van der Waals surface area contributed by atoms with Gasteiger partial charge in [0.05, 0.1) is 0 Å². The van der Waals surface area contributed by atoms with Gasteiger partial charge in [-0.3, -0.25) is 10.1 Å². The zero-order chi connectivity index (χ0) is 11.8. The molecule has 0 aliphatic carbocycles. The summed E-state index contributed by atoms with van der Waals surface area (Å²) in [4.78, 5) is 12.0. The van der Waals surface area contributed by atoms with Crippen LogP contribution in [-0.2, 0) is 4.74 Å². The van der Waals surface area contributed by atoms with E-state index in [1.807, 2.05) is 18.2 Å². The molecule has 0 amide bonds. The van der Waals surface area contributed by atoms with Crippen LogP contribution in [0.5, 0.6) is 0 Å². The molecule has 1 rings (SSSR count). The zero-order valence-electron chi connectivity index (χ0n) is 9.90. The Morgan fingerprint density at radius 3 is 2.62 bits per heavy atom. The van der Waals surface area contributed by atoms with Gasteiger partial charge in [-0.25, -0.2) is 0 Å². The molecule has 1 aromatic carbocycles. The monoisotopic (exact) mass is 221 g/mol. The van der Waals surface area contributed by atoms with Crippen molar-refractivity contribution in [1.29, 1.82) is 0 Å². The fourth-order valence-corrected chi connectivity index (χ4v) is 1.45. The fraction of sp³-hybridized carbons (Fsp3) is 0.462. The lowest BCUT2D eigenvalue weighted by Gasteiger charge is -2.15. The number of benzene rings is 1. The molecule has 0 saturated heterocycles. The Morgan fingerprint density at radius 1 is 1.38 bits per heavy atom. The number of hydrogen-bond acceptors (Lipinski definition) is 3. The third kappa shape index (κ3) is 3.76. The highest BCUT2D eigenvalue weighted by Crippen LogP contribution is 2.04. The first-order valence-electron chi connectivity index (χ1n) is 5.65. The van der Waals surface area contributed by atoms with E-state index in [0.717, 1.165) is 19.4 Å². The number of ketones is 1. The minimum absolute atomic E-state index is 0.0146. The molecule has 0 bridgehead atoms. The summed E-state index contributed by atoms with van der Waals surface area (Å²) in [6, 6.07) is 9.20. The highest BCUT2D eigenvalue weighted by atomic mass is 16.5. The molecule has 1 unspecified atom stereocenters. The molecule has 3 heteroatoms. The molecule has 0 saturated carbocycles. The number of rotatable bonds is 7. The van der Waals surface area contributed by atoms with Crippen LogP contribution >= 0.6 is 0 Å². The molecular formula is C13H19NO2. The van der Waals surface area contributed by atoms with Gasteiger partial charge in [-0.1, -0.05) is 43.7 Å². The number of carbonyl (C=O) groups excluding carboxylic acids is 1. The van der Waals surface area contributed by atoms with Crippen LogP contribution in [0.15, 0.2) is 30.3 Å². The maximum absolute atomic E-state index is 12.0. The first-order chi connectivity index (χ1) is 7.79. The number of methoxy groups -OCH3 is 1. The van der Waals surface area contributed by atoms with Crippen LogP contribution in [0.4, 0.5) is 0 Å². The Morgan fingerprint density at radius 2 is 2.06 bits per heavy atom. The first kappa shape index (κ1) is 12.9. The molecule has 0 heterocycles. The quantitative estimate of drug-likeness (QED) is 0.436. The van der Waals surface area contributed by atoms with Gasteiger partial charge < -0.3 is 4.74 Å². The number of Topliss-reactive ketones (excluding diaryl/α,β-unsaturated/α-hetero) is 1. The van der Waals surface area contributed by atoms with Crippen LogP contribution in [0, 0.1) is 0 Å². The maximum Gasteiger partial charge on any atom is 0.206 e. The Balaban J connectivity index is 2.56. The molecule has 3 nitrogen and oxygen atoms in total. The number of unbranched alkanes of at least 4 members (excludes halogenated alkanes) is 1. The van der Waals surface area contributed by atoms with Crippen LogP contribution < -0.4 is 5.32 Å². The van der Waals surface area contributed by atoms with Crippen molar-refractivity contribution in [2.45, 2.75) is 26.0 Å². The highest BCUT2D eigenvalue weighted by molar-refractivity contribution is 5.99. The van der Waals surface area contributed by atoms with Crippen molar-refractivity contribution in [1.82, 2.24) is 5.32 Å². The van der Waals surface area contributed by atoms with Gasteiger partial charge in [-0.05, 0) is 13.0 Å². The number of ether oxygens (including phenoxy) is 1. The molecule has 0 aromatic heterocycles. The topological polar surface area (TPSA) is 38.3 Å². The summed E-state index contributed by atoms with van der Waals surface area (Å²) in [6.07, 6.45) is 1.61. The first-order valence-corrected chi connectivity index (χ1v) is 5.65. The van der Waals surface area contributed by atoms with E-state index in [4.69, 9.17) is 4.74 Å². The van der Waals surface area contributed by atoms with Crippen LogP contribution in [0.2, 0.25) is 0 Å². The summed E-state index contributed by atoms with van der Waals surface area (Å²) in [6.45, 7) is 2.91. The summed E-state index contributed by atoms with van der Waals surface area (Å²) >= 11 is 0. The lowest BCUT2D eigenvalue weighted by atomic mass is 10.1. The minimum atomic E-state index is -0.533. The SMILES string of the molecule is CCCCNC(OC)C(=O)c1ccccc1. The molecule has 1 N–H and O–H groups in total. The lowest BCUT2D eigenvalue weighted by molar-refractivity contribution is 0.0496. The van der Waals surface area contributed by atoms with E-state index in [1.165, 1.54) is 0 Å². The van der Waals surface area contributed by atoms with Crippen LogP contribution in [0.1, 0.15) is 30.1 Å². The lowest BCUT2D eigenvalue weighted by Crippen LogP contribution is -2.38. The Hall–Kier alpha value is -1.19. The van der Waals surface area contributed by atoms with E-state index in [2.05, 4.69) is 12.2 Å². The second kappa shape index (κ2) is 7.14. The normalized spacial score (nSPS) is 12.4. The Kier molecular flexibility index (Phi) is 5.75. The average molecular weight is 221 g/mol. The number of carbonyl (C=O) groups is 1. The summed E-state index contributed by atoms with van der Waals surface area (Å²) < 4.78 is 5.15. The molecule has 0 aliphatic heterocycles. The predicted molar refractivity (Wildman–Crippen MR) is 64.5 cm³/mol. The van der Waals surface area contributed by atoms with E-state index in [0.29, 0.717) is 5.56 Å². The van der Waals surface area contributed by atoms with Crippen molar-refractivity contribution in [3.8, 4) is 0 Å². The second-order valence-corrected chi connectivity index (χ2v) is 3.65. The van der Waals surface area contributed by atoms with Gasteiger partial charge in [-0.15, -0.1) is 0 Å². The van der Waals surface area contributed by atoms with Gasteiger partial charge in [0.2, 0.25) is 5.78 Å². The van der Waals surface area contributed by atoms with E-state index >= 15 is 0 Å². The van der Waals surface area contributed by atoms with Crippen molar-refractivity contribution >= 4 is 5.78 Å². The predicted octanol–water partition coefficient (Wildman–Crippen LogP) is 2.23. The number of hydrogen-bond donors (Lipinski definition) is 1. The van der Waals surface area contributed by atoms with Gasteiger partial charge in [0, 0.05) is 12.7 Å². The van der Waals surface area contributed by atoms with E-state index in [-0.39, 0.29) is 5.78 Å². The third-order valence-corrected chi connectivity index (χ3v) is 2.39. The highest BCUT2D eigenvalue weighted by Gasteiger charge is 2.17. The summed E-state index contributed by atoms with van der Waals surface area (Å²) in [5.74, 6) is -0.0146. The number of nitrogens with one attached hydrogen (secondary N) is 1.